The van der Waals surface area contributed by atoms with E-state index in [1.165, 1.54) is 0 Å². The van der Waals surface area contributed by atoms with Crippen molar-refractivity contribution in [3.8, 4) is 5.75 Å². The van der Waals surface area contributed by atoms with Crippen LogP contribution in [0.4, 0.5) is 18.9 Å². The van der Waals surface area contributed by atoms with Crippen LogP contribution in [0.5, 0.6) is 5.75 Å². The van der Waals surface area contributed by atoms with Gasteiger partial charge in [-0.05, 0) is 28.1 Å². The molecule has 1 aromatic carbocycles. The van der Waals surface area contributed by atoms with Crippen molar-refractivity contribution in [1.29, 1.82) is 0 Å². The Kier molecular flexibility index (Phi) is 4.32. The summed E-state index contributed by atoms with van der Waals surface area (Å²) in [5.41, 5.74) is -1.20. The van der Waals surface area contributed by atoms with Crippen LogP contribution in [0.25, 0.3) is 0 Å². The first-order valence-corrected chi connectivity index (χ1v) is 7.21. The van der Waals surface area contributed by atoms with Gasteiger partial charge in [-0.1, -0.05) is 0 Å². The predicted octanol–water partition coefficient (Wildman–Crippen LogP) is 3.18. The molecule has 0 unspecified atom stereocenters. The van der Waals surface area contributed by atoms with Crippen LogP contribution in [0.3, 0.4) is 0 Å². The molecule has 0 saturated carbocycles. The Balaban J connectivity index is 3.54. The van der Waals surface area contributed by atoms with Crippen LogP contribution in [-0.4, -0.2) is 19.7 Å². The average molecular weight is 385 g/mol. The summed E-state index contributed by atoms with van der Waals surface area (Å²) in [6, 6.07) is 1.14. The standard InChI is InChI=1S/C7H2BrClF3NO5S/c8-5-4(19(9,16)17)2-1-3(6(5)13(14)15)18-7(10,11)12/h1-2H. The Morgan fingerprint density at radius 1 is 1.37 bits per heavy atom. The summed E-state index contributed by atoms with van der Waals surface area (Å²) < 4.78 is 61.0. The third-order valence-corrected chi connectivity index (χ3v) is 4.14. The third kappa shape index (κ3) is 3.94. The minimum Gasteiger partial charge on any atom is -0.398 e. The lowest BCUT2D eigenvalue weighted by Crippen LogP contribution is -2.18. The van der Waals surface area contributed by atoms with Crippen LogP contribution in [0, 0.1) is 10.1 Å². The van der Waals surface area contributed by atoms with Gasteiger partial charge in [0.05, 0.1) is 4.92 Å². The lowest BCUT2D eigenvalue weighted by atomic mass is 10.3. The molecule has 0 amide bonds. The van der Waals surface area contributed by atoms with Gasteiger partial charge in [0.2, 0.25) is 5.75 Å². The quantitative estimate of drug-likeness (QED) is 0.454. The van der Waals surface area contributed by atoms with Gasteiger partial charge in [-0.15, -0.1) is 13.2 Å². The molecular formula is C7H2BrClF3NO5S. The van der Waals surface area contributed by atoms with Crippen LogP contribution in [0.2, 0.25) is 0 Å². The highest BCUT2D eigenvalue weighted by molar-refractivity contribution is 9.10. The van der Waals surface area contributed by atoms with E-state index < -0.39 is 41.1 Å². The maximum Gasteiger partial charge on any atom is 0.573 e. The highest BCUT2D eigenvalue weighted by Crippen LogP contribution is 2.42. The number of nitro benzene ring substituents is 1. The average Bonchev–Trinajstić information content (AvgIpc) is 2.11. The summed E-state index contributed by atoms with van der Waals surface area (Å²) in [6.07, 6.45) is -5.16. The summed E-state index contributed by atoms with van der Waals surface area (Å²) in [7, 11) is 0.617. The molecule has 0 aliphatic heterocycles. The summed E-state index contributed by atoms with van der Waals surface area (Å²) in [5, 5.41) is 10.7. The van der Waals surface area contributed by atoms with Crippen molar-refractivity contribution in [3.05, 3.63) is 26.7 Å². The van der Waals surface area contributed by atoms with Crippen LogP contribution in [0.15, 0.2) is 21.5 Å². The van der Waals surface area contributed by atoms with E-state index in [0.717, 1.165) is 0 Å². The number of hydrogen-bond acceptors (Lipinski definition) is 5. The van der Waals surface area contributed by atoms with Gasteiger partial charge in [-0.25, -0.2) is 8.42 Å². The monoisotopic (exact) mass is 383 g/mol. The molecule has 0 heterocycles. The molecule has 0 atom stereocenters. The summed E-state index contributed by atoms with van der Waals surface area (Å²) in [6.45, 7) is 0. The number of nitrogens with zero attached hydrogens (tertiary/aromatic N) is 1. The minimum absolute atomic E-state index is 0.492. The molecule has 0 bridgehead atoms. The number of rotatable bonds is 3. The molecule has 0 aliphatic carbocycles. The highest BCUT2D eigenvalue weighted by Gasteiger charge is 2.36. The zero-order valence-electron chi connectivity index (χ0n) is 8.44. The molecule has 0 fully saturated rings. The normalized spacial score (nSPS) is 12.3. The fourth-order valence-corrected chi connectivity index (χ4v) is 3.41. The van der Waals surface area contributed by atoms with Crippen molar-refractivity contribution in [2.45, 2.75) is 11.3 Å². The van der Waals surface area contributed by atoms with E-state index in [2.05, 4.69) is 20.7 Å². The Morgan fingerprint density at radius 3 is 2.26 bits per heavy atom. The van der Waals surface area contributed by atoms with Gasteiger partial charge in [0.25, 0.3) is 9.05 Å². The predicted molar refractivity (Wildman–Crippen MR) is 60.5 cm³/mol. The molecule has 106 valence electrons. The number of benzene rings is 1. The number of ether oxygens (including phenoxy) is 1. The SMILES string of the molecule is O=[N+]([O-])c1c(OC(F)(F)F)ccc(S(=O)(=O)Cl)c1Br. The highest BCUT2D eigenvalue weighted by atomic mass is 79.9. The van der Waals surface area contributed by atoms with Gasteiger partial charge in [0, 0.05) is 10.7 Å². The van der Waals surface area contributed by atoms with Gasteiger partial charge in [0.1, 0.15) is 9.37 Å². The van der Waals surface area contributed by atoms with Gasteiger partial charge in [0.15, 0.2) is 0 Å². The van der Waals surface area contributed by atoms with E-state index in [4.69, 9.17) is 10.7 Å². The molecule has 0 aromatic heterocycles. The smallest absolute Gasteiger partial charge is 0.398 e. The maximum atomic E-state index is 12.0. The van der Waals surface area contributed by atoms with Crippen molar-refractivity contribution in [3.63, 3.8) is 0 Å². The van der Waals surface area contributed by atoms with Crippen molar-refractivity contribution < 1.29 is 31.2 Å². The van der Waals surface area contributed by atoms with Crippen LogP contribution < -0.4 is 4.74 Å². The number of hydrogen-bond donors (Lipinski definition) is 0. The fraction of sp³-hybridized carbons (Fsp3) is 0.143. The second-order valence-corrected chi connectivity index (χ2v) is 6.29. The number of alkyl halides is 3. The van der Waals surface area contributed by atoms with Gasteiger partial charge in [-0.2, -0.15) is 0 Å². The Hall–Kier alpha value is -1.07. The molecule has 1 aromatic rings. The lowest BCUT2D eigenvalue weighted by molar-refractivity contribution is -0.389. The summed E-state index contributed by atoms with van der Waals surface area (Å²) in [4.78, 5) is 8.73. The number of halogens is 5. The minimum atomic E-state index is -5.16. The first kappa shape index (κ1) is 16.0. The molecule has 0 radical (unpaired) electrons. The maximum absolute atomic E-state index is 12.0. The van der Waals surface area contributed by atoms with Crippen molar-refractivity contribution in [2.24, 2.45) is 0 Å². The fourth-order valence-electron chi connectivity index (χ4n) is 1.09. The second-order valence-electron chi connectivity index (χ2n) is 2.97. The zero-order valence-corrected chi connectivity index (χ0v) is 11.6. The topological polar surface area (TPSA) is 86.5 Å². The molecular weight excluding hydrogens is 382 g/mol. The van der Waals surface area contributed by atoms with E-state index in [0.29, 0.717) is 12.1 Å². The molecule has 0 saturated heterocycles. The van der Waals surface area contributed by atoms with Crippen molar-refractivity contribution >= 4 is 41.4 Å². The van der Waals surface area contributed by atoms with Gasteiger partial charge < -0.3 is 4.74 Å². The Labute approximate surface area is 116 Å². The Morgan fingerprint density at radius 2 is 1.89 bits per heavy atom. The largest absolute Gasteiger partial charge is 0.573 e. The molecule has 0 spiro atoms. The zero-order chi connectivity index (χ0) is 15.0. The Bertz CT molecular complexity index is 632. The van der Waals surface area contributed by atoms with Gasteiger partial charge in [-0.3, -0.25) is 10.1 Å². The summed E-state index contributed by atoms with van der Waals surface area (Å²) in [5.74, 6) is -1.16. The third-order valence-electron chi connectivity index (χ3n) is 1.71. The van der Waals surface area contributed by atoms with E-state index in [-0.39, 0.29) is 0 Å². The molecule has 19 heavy (non-hydrogen) atoms. The van der Waals surface area contributed by atoms with Crippen LogP contribution in [0.1, 0.15) is 0 Å². The van der Waals surface area contributed by atoms with Crippen molar-refractivity contribution in [1.82, 2.24) is 0 Å². The first-order valence-electron chi connectivity index (χ1n) is 4.11. The van der Waals surface area contributed by atoms with Crippen LogP contribution in [-0.2, 0) is 9.05 Å². The molecule has 1 rings (SSSR count). The molecule has 0 N–H and O–H groups in total. The van der Waals surface area contributed by atoms with E-state index in [1.807, 2.05) is 0 Å². The molecule has 6 nitrogen and oxygen atoms in total. The lowest BCUT2D eigenvalue weighted by Gasteiger charge is -2.10. The second kappa shape index (κ2) is 5.13. The van der Waals surface area contributed by atoms with Crippen LogP contribution >= 0.6 is 26.6 Å². The van der Waals surface area contributed by atoms with E-state index >= 15 is 0 Å². The van der Waals surface area contributed by atoms with E-state index in [9.17, 15) is 31.7 Å². The molecule has 0 aliphatic rings. The number of nitro groups is 1. The molecule has 12 heteroatoms. The van der Waals surface area contributed by atoms with E-state index in [1.54, 1.807) is 0 Å². The first-order chi connectivity index (χ1) is 8.43. The van der Waals surface area contributed by atoms with Crippen molar-refractivity contribution in [2.75, 3.05) is 0 Å². The van der Waals surface area contributed by atoms with Gasteiger partial charge >= 0.3 is 12.0 Å². The summed E-state index contributed by atoms with van der Waals surface area (Å²) >= 11 is 2.52.